The number of pyridine rings is 1. The minimum absolute atomic E-state index is 0.357. The zero-order valence-electron chi connectivity index (χ0n) is 8.81. The van der Waals surface area contributed by atoms with E-state index in [4.69, 9.17) is 15.4 Å². The normalized spacial score (nSPS) is 18.1. The summed E-state index contributed by atoms with van der Waals surface area (Å²) in [5.41, 5.74) is 0.695. The molecule has 88 valence electrons. The van der Waals surface area contributed by atoms with Crippen molar-refractivity contribution in [1.29, 1.82) is 0 Å². The van der Waals surface area contributed by atoms with Gasteiger partial charge in [0.2, 0.25) is 14.9 Å². The summed E-state index contributed by atoms with van der Waals surface area (Å²) in [7, 11) is 3.43. The van der Waals surface area contributed by atoms with Crippen molar-refractivity contribution in [3.63, 3.8) is 0 Å². The maximum atomic E-state index is 11.4. The Morgan fingerprint density at radius 2 is 2.19 bits per heavy atom. The SMILES string of the molecule is COc1cccc(CC2(S(=O)(=O)Cl)CC2)n1. The first-order chi connectivity index (χ1) is 7.47. The van der Waals surface area contributed by atoms with E-state index >= 15 is 0 Å². The molecule has 1 aromatic heterocycles. The van der Waals surface area contributed by atoms with Gasteiger partial charge in [0, 0.05) is 28.9 Å². The lowest BCUT2D eigenvalue weighted by Crippen LogP contribution is -2.21. The van der Waals surface area contributed by atoms with Crippen molar-refractivity contribution in [2.45, 2.75) is 24.0 Å². The molecular formula is C10H12ClNO3S. The van der Waals surface area contributed by atoms with Gasteiger partial charge in [-0.15, -0.1) is 0 Å². The second-order valence-electron chi connectivity index (χ2n) is 3.97. The van der Waals surface area contributed by atoms with Crippen LogP contribution in [0.4, 0.5) is 0 Å². The van der Waals surface area contributed by atoms with Crippen molar-refractivity contribution in [3.05, 3.63) is 23.9 Å². The number of methoxy groups -OCH3 is 1. The summed E-state index contributed by atoms with van der Waals surface area (Å²) in [6.07, 6.45) is 1.57. The van der Waals surface area contributed by atoms with Gasteiger partial charge < -0.3 is 4.74 Å². The summed E-state index contributed by atoms with van der Waals surface area (Å²) in [4.78, 5) is 4.18. The standard InChI is InChI=1S/C10H12ClNO3S/c1-15-9-4-2-3-8(12-9)7-10(5-6-10)16(11,13)14/h2-4H,5-7H2,1H3. The third-order valence-corrected chi connectivity index (χ3v) is 5.39. The lowest BCUT2D eigenvalue weighted by atomic mass is 10.2. The maximum absolute atomic E-state index is 11.4. The number of hydrogen-bond donors (Lipinski definition) is 0. The van der Waals surface area contributed by atoms with E-state index in [1.165, 1.54) is 7.11 Å². The number of rotatable bonds is 4. The van der Waals surface area contributed by atoms with Crippen molar-refractivity contribution in [1.82, 2.24) is 4.98 Å². The van der Waals surface area contributed by atoms with Gasteiger partial charge in [-0.2, -0.15) is 0 Å². The fourth-order valence-corrected chi connectivity index (χ4v) is 3.18. The third kappa shape index (κ3) is 2.15. The Kier molecular flexibility index (Phi) is 2.84. The first kappa shape index (κ1) is 11.7. The van der Waals surface area contributed by atoms with Gasteiger partial charge >= 0.3 is 0 Å². The zero-order valence-corrected chi connectivity index (χ0v) is 10.4. The summed E-state index contributed by atoms with van der Waals surface area (Å²) in [6, 6.07) is 5.29. The Morgan fingerprint density at radius 1 is 1.50 bits per heavy atom. The molecule has 4 nitrogen and oxygen atoms in total. The van der Waals surface area contributed by atoms with Gasteiger partial charge in [0.05, 0.1) is 11.9 Å². The molecule has 1 saturated carbocycles. The molecule has 0 saturated heterocycles. The van der Waals surface area contributed by atoms with Crippen LogP contribution in [0.25, 0.3) is 0 Å². The van der Waals surface area contributed by atoms with Crippen molar-refractivity contribution >= 4 is 19.7 Å². The van der Waals surface area contributed by atoms with Crippen molar-refractivity contribution in [2.75, 3.05) is 7.11 Å². The van der Waals surface area contributed by atoms with Crippen LogP contribution in [0.3, 0.4) is 0 Å². The van der Waals surface area contributed by atoms with Crippen molar-refractivity contribution in [3.8, 4) is 5.88 Å². The van der Waals surface area contributed by atoms with Gasteiger partial charge in [0.1, 0.15) is 0 Å². The average molecular weight is 262 g/mol. The van der Waals surface area contributed by atoms with Crippen molar-refractivity contribution in [2.24, 2.45) is 0 Å². The van der Waals surface area contributed by atoms with Crippen LogP contribution in [0.2, 0.25) is 0 Å². The van der Waals surface area contributed by atoms with E-state index in [0.29, 0.717) is 30.8 Å². The van der Waals surface area contributed by atoms with E-state index in [2.05, 4.69) is 4.98 Å². The van der Waals surface area contributed by atoms with E-state index in [1.54, 1.807) is 18.2 Å². The van der Waals surface area contributed by atoms with Crippen molar-refractivity contribution < 1.29 is 13.2 Å². The Hall–Kier alpha value is -0.810. The van der Waals surface area contributed by atoms with Crippen LogP contribution >= 0.6 is 10.7 Å². The molecule has 16 heavy (non-hydrogen) atoms. The van der Waals surface area contributed by atoms with Gasteiger partial charge in [-0.05, 0) is 18.9 Å². The Labute approximate surface area is 99.0 Å². The van der Waals surface area contributed by atoms with Gasteiger partial charge in [-0.1, -0.05) is 6.07 Å². The summed E-state index contributed by atoms with van der Waals surface area (Å²) in [6.45, 7) is 0. The number of hydrogen-bond acceptors (Lipinski definition) is 4. The molecule has 0 amide bonds. The van der Waals surface area contributed by atoms with Crippen LogP contribution in [-0.4, -0.2) is 25.3 Å². The lowest BCUT2D eigenvalue weighted by molar-refractivity contribution is 0.396. The van der Waals surface area contributed by atoms with E-state index < -0.39 is 13.8 Å². The van der Waals surface area contributed by atoms with Gasteiger partial charge in [0.25, 0.3) is 0 Å². The molecule has 0 spiro atoms. The highest BCUT2D eigenvalue weighted by atomic mass is 35.7. The second-order valence-corrected chi connectivity index (χ2v) is 6.93. The van der Waals surface area contributed by atoms with Crippen LogP contribution in [0.1, 0.15) is 18.5 Å². The lowest BCUT2D eigenvalue weighted by Gasteiger charge is -2.10. The number of halogens is 1. The molecule has 1 fully saturated rings. The summed E-state index contributed by atoms with van der Waals surface area (Å²) < 4.78 is 26.9. The Morgan fingerprint density at radius 3 is 2.69 bits per heavy atom. The molecule has 0 radical (unpaired) electrons. The fourth-order valence-electron chi connectivity index (χ4n) is 1.65. The molecule has 1 aliphatic rings. The highest BCUT2D eigenvalue weighted by molar-refractivity contribution is 8.15. The second kappa shape index (κ2) is 3.89. The Balaban J connectivity index is 2.22. The summed E-state index contributed by atoms with van der Waals surface area (Å²) in [5, 5.41) is 0. The predicted molar refractivity (Wildman–Crippen MR) is 61.2 cm³/mol. The number of nitrogens with zero attached hydrogens (tertiary/aromatic N) is 1. The molecule has 1 heterocycles. The van der Waals surface area contributed by atoms with E-state index in [1.807, 2.05) is 0 Å². The molecule has 0 N–H and O–H groups in total. The molecule has 0 atom stereocenters. The van der Waals surface area contributed by atoms with Gasteiger partial charge in [-0.25, -0.2) is 13.4 Å². The van der Waals surface area contributed by atoms with Gasteiger partial charge in [-0.3, -0.25) is 0 Å². The largest absolute Gasteiger partial charge is 0.481 e. The molecule has 0 unspecified atom stereocenters. The summed E-state index contributed by atoms with van der Waals surface area (Å²) >= 11 is 0. The first-order valence-corrected chi connectivity index (χ1v) is 7.22. The van der Waals surface area contributed by atoms with Crippen LogP contribution in [0.15, 0.2) is 18.2 Å². The summed E-state index contributed by atoms with van der Waals surface area (Å²) in [5.74, 6) is 0.486. The highest BCUT2D eigenvalue weighted by Crippen LogP contribution is 2.47. The number of aromatic nitrogens is 1. The van der Waals surface area contributed by atoms with Crippen LogP contribution < -0.4 is 4.74 Å². The molecule has 0 bridgehead atoms. The maximum Gasteiger partial charge on any atom is 0.238 e. The zero-order chi connectivity index (χ0) is 11.8. The molecule has 1 aromatic rings. The monoisotopic (exact) mass is 261 g/mol. The quantitative estimate of drug-likeness (QED) is 0.775. The third-order valence-electron chi connectivity index (χ3n) is 2.82. The van der Waals surface area contributed by atoms with Crippen LogP contribution in [0, 0.1) is 0 Å². The topological polar surface area (TPSA) is 56.3 Å². The highest BCUT2D eigenvalue weighted by Gasteiger charge is 2.53. The number of ether oxygens (including phenoxy) is 1. The smallest absolute Gasteiger partial charge is 0.238 e. The molecule has 1 aliphatic carbocycles. The van der Waals surface area contributed by atoms with E-state index in [9.17, 15) is 8.42 Å². The molecule has 0 aromatic carbocycles. The first-order valence-electron chi connectivity index (χ1n) is 4.91. The minimum Gasteiger partial charge on any atom is -0.481 e. The van der Waals surface area contributed by atoms with Crippen LogP contribution in [-0.2, 0) is 15.5 Å². The Bertz CT molecular complexity index is 497. The van der Waals surface area contributed by atoms with E-state index in [-0.39, 0.29) is 0 Å². The minimum atomic E-state index is -3.52. The molecule has 6 heteroatoms. The average Bonchev–Trinajstić information content (AvgIpc) is 2.98. The van der Waals surface area contributed by atoms with Crippen LogP contribution in [0.5, 0.6) is 5.88 Å². The fraction of sp³-hybridized carbons (Fsp3) is 0.500. The van der Waals surface area contributed by atoms with Gasteiger partial charge in [0.15, 0.2) is 0 Å². The predicted octanol–water partition coefficient (Wildman–Crippen LogP) is 1.73. The molecular weight excluding hydrogens is 250 g/mol. The van der Waals surface area contributed by atoms with E-state index in [0.717, 1.165) is 0 Å². The molecule has 0 aliphatic heterocycles. The molecule has 2 rings (SSSR count).